The zero-order valence-corrected chi connectivity index (χ0v) is 22.0. The maximum atomic E-state index is 6.49. The molecule has 3 aliphatic rings. The van der Waals surface area contributed by atoms with Gasteiger partial charge in [0.2, 0.25) is 0 Å². The summed E-state index contributed by atoms with van der Waals surface area (Å²) >= 11 is 6.49. The van der Waals surface area contributed by atoms with Crippen molar-refractivity contribution in [2.45, 2.75) is 71.8 Å². The molecule has 1 atom stereocenters. The molecule has 2 aromatic carbocycles. The van der Waals surface area contributed by atoms with E-state index in [2.05, 4.69) is 43.0 Å². The number of rotatable bonds is 5. The van der Waals surface area contributed by atoms with Crippen molar-refractivity contribution in [3.05, 3.63) is 81.0 Å². The number of ether oxygens (including phenoxy) is 1. The topological polar surface area (TPSA) is 24.8 Å². The fourth-order valence-electron chi connectivity index (χ4n) is 5.40. The molecule has 34 heavy (non-hydrogen) atoms. The van der Waals surface area contributed by atoms with Gasteiger partial charge in [0.25, 0.3) is 0 Å². The highest BCUT2D eigenvalue weighted by atomic mass is 35.5. The van der Waals surface area contributed by atoms with Crippen molar-refractivity contribution in [3.8, 4) is 0 Å². The molecule has 1 saturated heterocycles. The minimum atomic E-state index is 0.591. The van der Waals surface area contributed by atoms with Crippen LogP contribution >= 0.6 is 11.6 Å². The molecule has 4 heteroatoms. The van der Waals surface area contributed by atoms with Crippen LogP contribution in [0.4, 0.5) is 0 Å². The molecule has 3 nitrogen and oxygen atoms in total. The van der Waals surface area contributed by atoms with Crippen molar-refractivity contribution in [3.63, 3.8) is 0 Å². The van der Waals surface area contributed by atoms with Crippen LogP contribution in [0.25, 0.3) is 0 Å². The molecule has 0 amide bonds. The van der Waals surface area contributed by atoms with Crippen molar-refractivity contribution in [2.24, 2.45) is 4.99 Å². The minimum absolute atomic E-state index is 0.591. The molecule has 0 bridgehead atoms. The van der Waals surface area contributed by atoms with Gasteiger partial charge in [-0.2, -0.15) is 0 Å². The zero-order valence-electron chi connectivity index (χ0n) is 21.2. The summed E-state index contributed by atoms with van der Waals surface area (Å²) in [5.74, 6) is 0.593. The first-order valence-electron chi connectivity index (χ1n) is 13.1. The Balaban J connectivity index is 0.00000133. The van der Waals surface area contributed by atoms with Crippen LogP contribution < -0.4 is 0 Å². The van der Waals surface area contributed by atoms with Gasteiger partial charge in [-0.15, -0.1) is 0 Å². The first-order chi connectivity index (χ1) is 16.6. The second-order valence-electron chi connectivity index (χ2n) is 9.46. The van der Waals surface area contributed by atoms with E-state index in [1.165, 1.54) is 29.7 Å². The van der Waals surface area contributed by atoms with Gasteiger partial charge in [-0.1, -0.05) is 68.8 Å². The van der Waals surface area contributed by atoms with Gasteiger partial charge < -0.3 is 4.74 Å². The SMILES string of the molecule is CC.CCC(=NC1=C(C)CCN(C2CCc3cccc(C4COC4)c3C2)C1)c1ccccc1Cl. The third kappa shape index (κ3) is 5.32. The molecule has 2 heterocycles. The lowest BCUT2D eigenvalue weighted by molar-refractivity contribution is 0.00782. The number of aryl methyl sites for hydroxylation is 1. The molecule has 0 saturated carbocycles. The molecule has 1 aliphatic carbocycles. The third-order valence-electron chi connectivity index (χ3n) is 7.50. The summed E-state index contributed by atoms with van der Waals surface area (Å²) in [6.07, 6.45) is 5.55. The van der Waals surface area contributed by atoms with E-state index in [0.29, 0.717) is 12.0 Å². The Morgan fingerprint density at radius 3 is 2.59 bits per heavy atom. The quantitative estimate of drug-likeness (QED) is 0.424. The largest absolute Gasteiger partial charge is 0.380 e. The van der Waals surface area contributed by atoms with Gasteiger partial charge in [-0.25, -0.2) is 0 Å². The van der Waals surface area contributed by atoms with Crippen LogP contribution in [-0.4, -0.2) is 43.0 Å². The van der Waals surface area contributed by atoms with Gasteiger partial charge in [0, 0.05) is 41.3 Å². The molecule has 2 aromatic rings. The first-order valence-corrected chi connectivity index (χ1v) is 13.5. The molecule has 0 spiro atoms. The monoisotopic (exact) mass is 478 g/mol. The van der Waals surface area contributed by atoms with E-state index in [1.807, 2.05) is 32.0 Å². The van der Waals surface area contributed by atoms with E-state index < -0.39 is 0 Å². The molecule has 182 valence electrons. The van der Waals surface area contributed by atoms with Gasteiger partial charge >= 0.3 is 0 Å². The number of hydrogen-bond donors (Lipinski definition) is 0. The molecule has 1 unspecified atom stereocenters. The Kier molecular flexibility index (Phi) is 8.63. The fraction of sp³-hybridized carbons (Fsp3) is 0.500. The molecular formula is C30H39ClN2O. The first kappa shape index (κ1) is 25.2. The maximum Gasteiger partial charge on any atom is 0.0557 e. The van der Waals surface area contributed by atoms with Crippen LogP contribution in [0.1, 0.15) is 75.1 Å². The Bertz CT molecular complexity index is 1050. The lowest BCUT2D eigenvalue weighted by Crippen LogP contribution is -2.43. The molecule has 5 rings (SSSR count). The van der Waals surface area contributed by atoms with Crippen LogP contribution in [0.5, 0.6) is 0 Å². The number of nitrogens with zero attached hydrogens (tertiary/aromatic N) is 2. The highest BCUT2D eigenvalue weighted by Gasteiger charge is 2.31. The highest BCUT2D eigenvalue weighted by molar-refractivity contribution is 6.34. The van der Waals surface area contributed by atoms with Gasteiger partial charge in [0.1, 0.15) is 0 Å². The fourth-order valence-corrected chi connectivity index (χ4v) is 5.64. The van der Waals surface area contributed by atoms with Gasteiger partial charge in [0.15, 0.2) is 0 Å². The standard InChI is InChI=1S/C28H33ClN2O.C2H6/c1-3-27(24-8-4-5-10-26(24)29)30-28-16-31(14-13-19(28)2)22-12-11-20-7-6-9-23(25(20)15-22)21-17-32-18-21;1-2/h4-10,21-22H,3,11-18H2,1-2H3;1-2H3. The van der Waals surface area contributed by atoms with Crippen LogP contribution in [0.2, 0.25) is 5.02 Å². The summed E-state index contributed by atoms with van der Waals surface area (Å²) in [6.45, 7) is 12.3. The number of hydrogen-bond acceptors (Lipinski definition) is 3. The molecule has 2 aliphatic heterocycles. The normalized spacial score (nSPS) is 21.4. The van der Waals surface area contributed by atoms with Crippen molar-refractivity contribution >= 4 is 17.3 Å². The van der Waals surface area contributed by atoms with E-state index in [-0.39, 0.29) is 0 Å². The average molecular weight is 479 g/mol. The smallest absolute Gasteiger partial charge is 0.0557 e. The zero-order chi connectivity index (χ0) is 24.1. The van der Waals surface area contributed by atoms with Crippen LogP contribution in [0, 0.1) is 0 Å². The Morgan fingerprint density at radius 2 is 1.88 bits per heavy atom. The maximum absolute atomic E-state index is 6.49. The number of halogens is 1. The van der Waals surface area contributed by atoms with Crippen molar-refractivity contribution < 1.29 is 4.74 Å². The number of fused-ring (bicyclic) bond motifs is 1. The summed E-state index contributed by atoms with van der Waals surface area (Å²) in [5.41, 5.74) is 9.49. The predicted molar refractivity (Wildman–Crippen MR) is 144 cm³/mol. The van der Waals surface area contributed by atoms with Crippen molar-refractivity contribution in [2.75, 3.05) is 26.3 Å². The molecule has 0 aromatic heterocycles. The molecule has 0 N–H and O–H groups in total. The van der Waals surface area contributed by atoms with Gasteiger partial charge in [-0.05, 0) is 67.4 Å². The van der Waals surface area contributed by atoms with E-state index >= 15 is 0 Å². The summed E-state index contributed by atoms with van der Waals surface area (Å²) in [5, 5.41) is 0.787. The van der Waals surface area contributed by atoms with Gasteiger partial charge in [-0.3, -0.25) is 9.89 Å². The van der Waals surface area contributed by atoms with Crippen LogP contribution in [-0.2, 0) is 17.6 Å². The molecule has 1 fully saturated rings. The predicted octanol–water partition coefficient (Wildman–Crippen LogP) is 7.22. The van der Waals surface area contributed by atoms with Crippen molar-refractivity contribution in [1.82, 2.24) is 4.90 Å². The average Bonchev–Trinajstić information content (AvgIpc) is 2.84. The summed E-state index contributed by atoms with van der Waals surface area (Å²) in [4.78, 5) is 7.86. The summed E-state index contributed by atoms with van der Waals surface area (Å²) < 4.78 is 5.50. The third-order valence-corrected chi connectivity index (χ3v) is 7.83. The molecule has 0 radical (unpaired) electrons. The Labute approximate surface area is 210 Å². The van der Waals surface area contributed by atoms with Crippen LogP contribution in [0.15, 0.2) is 58.7 Å². The number of aliphatic imine (C=N–C) groups is 1. The lowest BCUT2D eigenvalue weighted by Gasteiger charge is -2.39. The summed E-state index contributed by atoms with van der Waals surface area (Å²) in [7, 11) is 0. The second kappa shape index (κ2) is 11.7. The van der Waals surface area contributed by atoms with E-state index in [9.17, 15) is 0 Å². The van der Waals surface area contributed by atoms with Crippen molar-refractivity contribution in [1.29, 1.82) is 0 Å². The molecular weight excluding hydrogens is 440 g/mol. The lowest BCUT2D eigenvalue weighted by atomic mass is 9.80. The van der Waals surface area contributed by atoms with Gasteiger partial charge in [0.05, 0.1) is 18.9 Å². The highest BCUT2D eigenvalue weighted by Crippen LogP contribution is 2.35. The van der Waals surface area contributed by atoms with Crippen LogP contribution in [0.3, 0.4) is 0 Å². The number of benzene rings is 2. The van der Waals surface area contributed by atoms with E-state index in [0.717, 1.165) is 61.9 Å². The Hall–Kier alpha value is -1.94. The van der Waals surface area contributed by atoms with E-state index in [4.69, 9.17) is 21.3 Å². The van der Waals surface area contributed by atoms with E-state index in [1.54, 1.807) is 11.1 Å². The summed E-state index contributed by atoms with van der Waals surface area (Å²) in [6, 6.07) is 15.6. The minimum Gasteiger partial charge on any atom is -0.380 e. The Morgan fingerprint density at radius 1 is 1.09 bits per heavy atom. The second-order valence-corrected chi connectivity index (χ2v) is 9.86.